The summed E-state index contributed by atoms with van der Waals surface area (Å²) in [6.07, 6.45) is 4.60. The Morgan fingerprint density at radius 1 is 1.23 bits per heavy atom. The fourth-order valence-corrected chi connectivity index (χ4v) is 4.47. The number of nitrogens with one attached hydrogen (secondary N) is 1. The summed E-state index contributed by atoms with van der Waals surface area (Å²) in [7, 11) is 1.95. The van der Waals surface area contributed by atoms with Crippen LogP contribution in [0, 0.1) is 5.92 Å². The fourth-order valence-electron chi connectivity index (χ4n) is 4.47. The molecular weight excluding hydrogens is 439 g/mol. The zero-order valence-corrected chi connectivity index (χ0v) is 18.9. The molecule has 1 saturated heterocycles. The fraction of sp³-hybridized carbons (Fsp3) is 0.429. The summed E-state index contributed by atoms with van der Waals surface area (Å²) < 4.78 is 7.37. The molecule has 0 radical (unpaired) electrons. The van der Waals surface area contributed by atoms with E-state index < -0.39 is 0 Å². The van der Waals surface area contributed by atoms with Gasteiger partial charge in [0.2, 0.25) is 11.7 Å². The second kappa shape index (κ2) is 9.91. The number of hydrogen-bond donors (Lipinski definition) is 1. The lowest BCUT2D eigenvalue weighted by Gasteiger charge is -2.37. The molecule has 31 heavy (non-hydrogen) atoms. The average Bonchev–Trinajstić information content (AvgIpc) is 3.20. The molecule has 5 heterocycles. The minimum atomic E-state index is 0. The molecule has 0 unspecified atom stereocenters. The molecule has 2 bridgehead atoms. The summed E-state index contributed by atoms with van der Waals surface area (Å²) in [6, 6.07) is 7.84. The molecule has 1 N–H and O–H groups in total. The van der Waals surface area contributed by atoms with E-state index in [0.29, 0.717) is 36.6 Å². The molecule has 0 saturated carbocycles. The highest BCUT2D eigenvalue weighted by Crippen LogP contribution is 2.31. The van der Waals surface area contributed by atoms with Gasteiger partial charge in [-0.15, -0.1) is 24.8 Å². The number of aromatic nitrogens is 4. The number of nitrogens with zero attached hydrogens (tertiary/aromatic N) is 5. The highest BCUT2D eigenvalue weighted by molar-refractivity contribution is 5.85. The van der Waals surface area contributed by atoms with E-state index in [1.54, 1.807) is 12.4 Å². The van der Waals surface area contributed by atoms with E-state index in [0.717, 1.165) is 30.8 Å². The van der Waals surface area contributed by atoms with Crippen LogP contribution in [0.1, 0.15) is 29.5 Å². The van der Waals surface area contributed by atoms with E-state index in [1.165, 1.54) is 12.1 Å². The summed E-state index contributed by atoms with van der Waals surface area (Å²) in [5, 5.41) is 7.51. The van der Waals surface area contributed by atoms with Gasteiger partial charge >= 0.3 is 0 Å². The van der Waals surface area contributed by atoms with Crippen molar-refractivity contribution in [3.63, 3.8) is 0 Å². The van der Waals surface area contributed by atoms with Gasteiger partial charge in [-0.2, -0.15) is 4.98 Å². The van der Waals surface area contributed by atoms with Crippen LogP contribution in [0.5, 0.6) is 0 Å². The van der Waals surface area contributed by atoms with Crippen molar-refractivity contribution in [2.45, 2.75) is 32.0 Å². The first-order valence-corrected chi connectivity index (χ1v) is 10.0. The van der Waals surface area contributed by atoms with Gasteiger partial charge in [0.15, 0.2) is 0 Å². The lowest BCUT2D eigenvalue weighted by atomic mass is 9.84. The Bertz CT molecular complexity index is 1070. The molecule has 1 fully saturated rings. The summed E-state index contributed by atoms with van der Waals surface area (Å²) in [4.78, 5) is 23.6. The van der Waals surface area contributed by atoms with Gasteiger partial charge < -0.3 is 14.4 Å². The van der Waals surface area contributed by atoms with Gasteiger partial charge in [0, 0.05) is 54.8 Å². The quantitative estimate of drug-likeness (QED) is 0.619. The average molecular weight is 465 g/mol. The van der Waals surface area contributed by atoms with Crippen LogP contribution in [-0.2, 0) is 19.6 Å². The molecule has 0 aromatic carbocycles. The Kier molecular flexibility index (Phi) is 7.48. The van der Waals surface area contributed by atoms with Crippen molar-refractivity contribution < 1.29 is 4.52 Å². The predicted octanol–water partition coefficient (Wildman–Crippen LogP) is 2.48. The van der Waals surface area contributed by atoms with Crippen LogP contribution in [0.3, 0.4) is 0 Å². The van der Waals surface area contributed by atoms with E-state index in [-0.39, 0.29) is 30.4 Å². The van der Waals surface area contributed by atoms with Crippen molar-refractivity contribution in [2.24, 2.45) is 5.92 Å². The van der Waals surface area contributed by atoms with E-state index in [4.69, 9.17) is 4.52 Å². The van der Waals surface area contributed by atoms with Crippen LogP contribution in [0.2, 0.25) is 0 Å². The van der Waals surface area contributed by atoms with E-state index in [1.807, 2.05) is 34.7 Å². The van der Waals surface area contributed by atoms with E-state index >= 15 is 0 Å². The van der Waals surface area contributed by atoms with Crippen LogP contribution >= 0.6 is 24.8 Å². The molecule has 2 aliphatic heterocycles. The first-order chi connectivity index (χ1) is 14.2. The monoisotopic (exact) mass is 464 g/mol. The van der Waals surface area contributed by atoms with Gasteiger partial charge in [-0.3, -0.25) is 14.7 Å². The van der Waals surface area contributed by atoms with Crippen molar-refractivity contribution in [3.05, 3.63) is 64.2 Å². The lowest BCUT2D eigenvalue weighted by molar-refractivity contribution is 0.248. The molecule has 0 spiro atoms. The first kappa shape index (κ1) is 23.4. The highest BCUT2D eigenvalue weighted by atomic mass is 35.5. The first-order valence-electron chi connectivity index (χ1n) is 10.0. The topological polar surface area (TPSA) is 89.1 Å². The normalized spacial score (nSPS) is 19.3. The van der Waals surface area contributed by atoms with Crippen LogP contribution in [0.4, 0.5) is 0 Å². The van der Waals surface area contributed by atoms with Gasteiger partial charge in [0.05, 0.1) is 6.54 Å². The maximum atomic E-state index is 13.1. The third kappa shape index (κ3) is 4.82. The molecule has 8 nitrogen and oxygen atoms in total. The molecule has 0 aliphatic carbocycles. The lowest BCUT2D eigenvalue weighted by Crippen LogP contribution is -2.45. The second-order valence-electron chi connectivity index (χ2n) is 8.08. The molecule has 0 amide bonds. The zero-order chi connectivity index (χ0) is 19.8. The number of pyridine rings is 2. The maximum Gasteiger partial charge on any atom is 0.255 e. The maximum absolute atomic E-state index is 13.1. The molecule has 2 aliphatic rings. The Hall–Kier alpha value is -2.26. The second-order valence-corrected chi connectivity index (χ2v) is 8.08. The smallest absolute Gasteiger partial charge is 0.255 e. The molecule has 5 rings (SSSR count). The number of halogens is 2. The zero-order valence-electron chi connectivity index (χ0n) is 17.2. The molecule has 3 aromatic rings. The van der Waals surface area contributed by atoms with Gasteiger partial charge in [-0.05, 0) is 44.1 Å². The van der Waals surface area contributed by atoms with Crippen LogP contribution in [-0.4, -0.2) is 44.7 Å². The Morgan fingerprint density at radius 3 is 2.90 bits per heavy atom. The standard InChI is InChI=1S/C21H24N6O2.2ClH/c1-26(13-19-24-20(25-29-19)15-3-2-6-22-9-15)12-16-4-5-18-17-7-14(8-23-10-17)11-27(18)21(16)28;;/h2-6,9,14,17,23H,7-8,10-13H2,1H3;2*1H/t14-,17+;;/m0../s1. The molecular formula is C21H26Cl2N6O2. The van der Waals surface area contributed by atoms with E-state index in [9.17, 15) is 4.79 Å². The summed E-state index contributed by atoms with van der Waals surface area (Å²) >= 11 is 0. The van der Waals surface area contributed by atoms with Gasteiger partial charge in [0.25, 0.3) is 5.56 Å². The summed E-state index contributed by atoms with van der Waals surface area (Å²) in [5.41, 5.74) is 2.92. The number of fused-ring (bicyclic) bond motifs is 4. The minimum Gasteiger partial charge on any atom is -0.338 e. The van der Waals surface area contributed by atoms with Crippen molar-refractivity contribution in [1.82, 2.24) is 29.9 Å². The minimum absolute atomic E-state index is 0. The van der Waals surface area contributed by atoms with Gasteiger partial charge in [-0.25, -0.2) is 0 Å². The third-order valence-electron chi connectivity index (χ3n) is 5.82. The van der Waals surface area contributed by atoms with Crippen molar-refractivity contribution in [1.29, 1.82) is 0 Å². The van der Waals surface area contributed by atoms with E-state index in [2.05, 4.69) is 26.5 Å². The van der Waals surface area contributed by atoms with Crippen molar-refractivity contribution in [3.8, 4) is 11.4 Å². The van der Waals surface area contributed by atoms with Crippen molar-refractivity contribution in [2.75, 3.05) is 20.1 Å². The third-order valence-corrected chi connectivity index (χ3v) is 5.82. The Balaban J connectivity index is 0.00000136. The Morgan fingerprint density at radius 2 is 2.10 bits per heavy atom. The van der Waals surface area contributed by atoms with Crippen LogP contribution in [0.15, 0.2) is 46.0 Å². The SMILES string of the molecule is CN(Cc1nc(-c2cccnc2)no1)Cc1ccc2n(c1=O)C[C@@H]1CNC[C@H]2C1.Cl.Cl. The molecule has 166 valence electrons. The predicted molar refractivity (Wildman–Crippen MR) is 122 cm³/mol. The number of hydrogen-bond acceptors (Lipinski definition) is 7. The number of piperidine rings is 1. The molecule has 2 atom stereocenters. The largest absolute Gasteiger partial charge is 0.338 e. The molecule has 10 heteroatoms. The van der Waals surface area contributed by atoms with Crippen LogP contribution < -0.4 is 10.9 Å². The van der Waals surface area contributed by atoms with Gasteiger partial charge in [-0.1, -0.05) is 11.2 Å². The molecule has 3 aromatic heterocycles. The number of rotatable bonds is 5. The van der Waals surface area contributed by atoms with Crippen LogP contribution in [0.25, 0.3) is 11.4 Å². The Labute approximate surface area is 192 Å². The summed E-state index contributed by atoms with van der Waals surface area (Å²) in [6.45, 7) is 3.79. The highest BCUT2D eigenvalue weighted by Gasteiger charge is 2.31. The van der Waals surface area contributed by atoms with Gasteiger partial charge in [0.1, 0.15) is 0 Å². The summed E-state index contributed by atoms with van der Waals surface area (Å²) in [5.74, 6) is 2.04. The van der Waals surface area contributed by atoms with Crippen molar-refractivity contribution >= 4 is 24.8 Å².